The van der Waals surface area contributed by atoms with Gasteiger partial charge in [-0.05, 0) is 12.3 Å². The Labute approximate surface area is 92.9 Å². The molecule has 0 amide bonds. The number of halogens is 3. The number of rotatable bonds is 4. The van der Waals surface area contributed by atoms with Crippen molar-refractivity contribution in [2.75, 3.05) is 0 Å². The van der Waals surface area contributed by atoms with Crippen molar-refractivity contribution in [2.24, 2.45) is 5.92 Å². The van der Waals surface area contributed by atoms with E-state index in [1.165, 1.54) is 0 Å². The molecule has 2 unspecified atom stereocenters. The summed E-state index contributed by atoms with van der Waals surface area (Å²) in [7, 11) is 0. The monoisotopic (exact) mass is 232 g/mol. The molecule has 0 aliphatic carbocycles. The van der Waals surface area contributed by atoms with Gasteiger partial charge in [0.05, 0.1) is 11.7 Å². The first-order valence-electron chi connectivity index (χ1n) is 5.28. The molecule has 4 heteroatoms. The Kier molecular flexibility index (Phi) is 4.35. The minimum Gasteiger partial charge on any atom is -0.388 e. The molecule has 0 aromatic heterocycles. The van der Waals surface area contributed by atoms with E-state index in [9.17, 15) is 18.3 Å². The lowest BCUT2D eigenvalue weighted by Crippen LogP contribution is -2.08. The highest BCUT2D eigenvalue weighted by atomic mass is 19.1. The lowest BCUT2D eigenvalue weighted by molar-refractivity contribution is 0.137. The van der Waals surface area contributed by atoms with Gasteiger partial charge in [0.1, 0.15) is 17.5 Å². The van der Waals surface area contributed by atoms with Crippen LogP contribution in [0.15, 0.2) is 12.1 Å². The first-order valence-corrected chi connectivity index (χ1v) is 5.28. The van der Waals surface area contributed by atoms with Crippen molar-refractivity contribution >= 4 is 0 Å². The van der Waals surface area contributed by atoms with E-state index in [4.69, 9.17) is 0 Å². The molecule has 1 aromatic carbocycles. The molecule has 0 aliphatic rings. The number of hydrogen-bond acceptors (Lipinski definition) is 1. The average Bonchev–Trinajstić information content (AvgIpc) is 2.15. The molecule has 0 radical (unpaired) electrons. The van der Waals surface area contributed by atoms with Gasteiger partial charge < -0.3 is 5.11 Å². The van der Waals surface area contributed by atoms with Crippen molar-refractivity contribution in [1.29, 1.82) is 0 Å². The maximum Gasteiger partial charge on any atom is 0.134 e. The molecule has 0 fully saturated rings. The van der Waals surface area contributed by atoms with E-state index in [0.717, 1.165) is 6.42 Å². The van der Waals surface area contributed by atoms with Crippen molar-refractivity contribution in [1.82, 2.24) is 0 Å². The van der Waals surface area contributed by atoms with Crippen LogP contribution in [0.1, 0.15) is 38.4 Å². The van der Waals surface area contributed by atoms with Crippen LogP contribution >= 0.6 is 0 Å². The average molecular weight is 232 g/mol. The Bertz CT molecular complexity index is 342. The second-order valence-corrected chi connectivity index (χ2v) is 4.05. The second kappa shape index (κ2) is 5.34. The molecule has 0 saturated carbocycles. The van der Waals surface area contributed by atoms with Gasteiger partial charge >= 0.3 is 0 Å². The van der Waals surface area contributed by atoms with Gasteiger partial charge in [-0.3, -0.25) is 0 Å². The van der Waals surface area contributed by atoms with Gasteiger partial charge in [-0.1, -0.05) is 20.3 Å². The summed E-state index contributed by atoms with van der Waals surface area (Å²) < 4.78 is 39.2. The van der Waals surface area contributed by atoms with Crippen LogP contribution in [0, 0.1) is 23.4 Å². The SMILES string of the molecule is CCC(C)CC(O)c1c(F)cc(F)cc1F. The Morgan fingerprint density at radius 1 is 1.19 bits per heavy atom. The van der Waals surface area contributed by atoms with E-state index in [0.29, 0.717) is 12.1 Å². The zero-order chi connectivity index (χ0) is 12.3. The van der Waals surface area contributed by atoms with Crippen LogP contribution in [0.3, 0.4) is 0 Å². The summed E-state index contributed by atoms with van der Waals surface area (Å²) >= 11 is 0. The van der Waals surface area contributed by atoms with Crippen LogP contribution in [0.4, 0.5) is 13.2 Å². The van der Waals surface area contributed by atoms with Crippen molar-refractivity contribution in [2.45, 2.75) is 32.8 Å². The quantitative estimate of drug-likeness (QED) is 0.841. The summed E-state index contributed by atoms with van der Waals surface area (Å²) in [6.45, 7) is 3.80. The normalized spacial score (nSPS) is 14.9. The molecule has 1 aromatic rings. The Hall–Kier alpha value is -1.03. The van der Waals surface area contributed by atoms with Crippen molar-refractivity contribution in [3.63, 3.8) is 0 Å². The van der Waals surface area contributed by atoms with E-state index in [2.05, 4.69) is 0 Å². The molecular weight excluding hydrogens is 217 g/mol. The van der Waals surface area contributed by atoms with Gasteiger partial charge in [0.15, 0.2) is 0 Å². The molecule has 1 rings (SSSR count). The number of aliphatic hydroxyl groups excluding tert-OH is 1. The zero-order valence-corrected chi connectivity index (χ0v) is 9.30. The van der Waals surface area contributed by atoms with E-state index in [1.54, 1.807) is 0 Å². The number of hydrogen-bond donors (Lipinski definition) is 1. The Morgan fingerprint density at radius 3 is 2.12 bits per heavy atom. The molecular formula is C12H15F3O. The summed E-state index contributed by atoms with van der Waals surface area (Å²) in [6.07, 6.45) is -0.159. The third kappa shape index (κ3) is 2.98. The van der Waals surface area contributed by atoms with E-state index >= 15 is 0 Å². The van der Waals surface area contributed by atoms with Crippen LogP contribution in [0.2, 0.25) is 0 Å². The zero-order valence-electron chi connectivity index (χ0n) is 9.30. The van der Waals surface area contributed by atoms with E-state index in [1.807, 2.05) is 13.8 Å². The largest absolute Gasteiger partial charge is 0.388 e. The predicted molar refractivity (Wildman–Crippen MR) is 55.3 cm³/mol. The molecule has 0 saturated heterocycles. The summed E-state index contributed by atoms with van der Waals surface area (Å²) in [5.41, 5.74) is -0.443. The third-order valence-electron chi connectivity index (χ3n) is 2.70. The van der Waals surface area contributed by atoms with E-state index in [-0.39, 0.29) is 12.3 Å². The molecule has 0 spiro atoms. The van der Waals surface area contributed by atoms with Gasteiger partial charge in [0, 0.05) is 12.1 Å². The number of benzene rings is 1. The summed E-state index contributed by atoms with van der Waals surface area (Å²) in [4.78, 5) is 0. The lowest BCUT2D eigenvalue weighted by atomic mass is 9.96. The van der Waals surface area contributed by atoms with E-state index < -0.39 is 29.1 Å². The third-order valence-corrected chi connectivity index (χ3v) is 2.70. The fourth-order valence-corrected chi connectivity index (χ4v) is 1.54. The standard InChI is InChI=1S/C12H15F3O/c1-3-7(2)4-11(16)12-9(14)5-8(13)6-10(12)15/h5-7,11,16H,3-4H2,1-2H3. The van der Waals surface area contributed by atoms with Gasteiger partial charge in [-0.15, -0.1) is 0 Å². The van der Waals surface area contributed by atoms with Gasteiger partial charge in [-0.25, -0.2) is 13.2 Å². The maximum absolute atomic E-state index is 13.3. The van der Waals surface area contributed by atoms with Gasteiger partial charge in [-0.2, -0.15) is 0 Å². The first kappa shape index (κ1) is 13.0. The molecule has 0 aliphatic heterocycles. The highest BCUT2D eigenvalue weighted by molar-refractivity contribution is 5.23. The smallest absolute Gasteiger partial charge is 0.134 e. The van der Waals surface area contributed by atoms with Crippen LogP contribution in [0.5, 0.6) is 0 Å². The molecule has 0 bridgehead atoms. The molecule has 90 valence electrons. The topological polar surface area (TPSA) is 20.2 Å². The molecule has 1 N–H and O–H groups in total. The van der Waals surface area contributed by atoms with Gasteiger partial charge in [0.25, 0.3) is 0 Å². The highest BCUT2D eigenvalue weighted by Gasteiger charge is 2.20. The van der Waals surface area contributed by atoms with Crippen molar-refractivity contribution in [3.8, 4) is 0 Å². The lowest BCUT2D eigenvalue weighted by Gasteiger charge is -2.16. The molecule has 1 nitrogen and oxygen atoms in total. The van der Waals surface area contributed by atoms with Gasteiger partial charge in [0.2, 0.25) is 0 Å². The number of aliphatic hydroxyl groups is 1. The fourth-order valence-electron chi connectivity index (χ4n) is 1.54. The molecule has 2 atom stereocenters. The molecule has 0 heterocycles. The minimum atomic E-state index is -1.23. The highest BCUT2D eigenvalue weighted by Crippen LogP contribution is 2.27. The summed E-state index contributed by atoms with van der Waals surface area (Å²) in [5.74, 6) is -2.89. The molecule has 16 heavy (non-hydrogen) atoms. The van der Waals surface area contributed by atoms with Crippen LogP contribution in [-0.4, -0.2) is 5.11 Å². The summed E-state index contributed by atoms with van der Waals surface area (Å²) in [5, 5.41) is 9.67. The maximum atomic E-state index is 13.3. The Balaban J connectivity index is 2.95. The predicted octanol–water partition coefficient (Wildman–Crippen LogP) is 3.57. The fraction of sp³-hybridized carbons (Fsp3) is 0.500. The first-order chi connectivity index (χ1) is 7.45. The van der Waals surface area contributed by atoms with Crippen LogP contribution in [0.25, 0.3) is 0 Å². The van der Waals surface area contributed by atoms with Crippen molar-refractivity contribution in [3.05, 3.63) is 35.1 Å². The second-order valence-electron chi connectivity index (χ2n) is 4.05. The van der Waals surface area contributed by atoms with Crippen LogP contribution in [-0.2, 0) is 0 Å². The van der Waals surface area contributed by atoms with Crippen molar-refractivity contribution < 1.29 is 18.3 Å². The minimum absolute atomic E-state index is 0.152. The summed E-state index contributed by atoms with van der Waals surface area (Å²) in [6, 6.07) is 1.16. The van der Waals surface area contributed by atoms with Crippen LogP contribution < -0.4 is 0 Å². The Morgan fingerprint density at radius 2 is 1.69 bits per heavy atom.